The van der Waals surface area contributed by atoms with Crippen molar-refractivity contribution in [3.05, 3.63) is 28.8 Å². The lowest BCUT2D eigenvalue weighted by Gasteiger charge is -2.26. The second kappa shape index (κ2) is 4.88. The maximum Gasteiger partial charge on any atom is 0.138 e. The van der Waals surface area contributed by atoms with Crippen molar-refractivity contribution in [3.8, 4) is 5.75 Å². The summed E-state index contributed by atoms with van der Waals surface area (Å²) in [4.78, 5) is 11.0. The van der Waals surface area contributed by atoms with E-state index in [2.05, 4.69) is 0 Å². The quantitative estimate of drug-likeness (QED) is 0.804. The first kappa shape index (κ1) is 11.5. The van der Waals surface area contributed by atoms with Crippen LogP contribution in [0, 0.1) is 0 Å². The smallest absolute Gasteiger partial charge is 0.138 e. The predicted octanol–water partition coefficient (Wildman–Crippen LogP) is 3.40. The molecule has 1 aromatic rings. The van der Waals surface area contributed by atoms with Crippen molar-refractivity contribution >= 4 is 17.4 Å². The topological polar surface area (TPSA) is 26.3 Å². The molecule has 2 rings (SSSR count). The van der Waals surface area contributed by atoms with E-state index in [9.17, 15) is 4.79 Å². The molecule has 0 atom stereocenters. The van der Waals surface area contributed by atoms with E-state index >= 15 is 0 Å². The van der Waals surface area contributed by atoms with Gasteiger partial charge in [-0.1, -0.05) is 17.7 Å². The van der Waals surface area contributed by atoms with Crippen molar-refractivity contribution < 1.29 is 9.53 Å². The summed E-state index contributed by atoms with van der Waals surface area (Å²) < 4.78 is 5.72. The third kappa shape index (κ3) is 2.76. The molecular weight excluding hydrogens is 224 g/mol. The second-order valence-electron chi connectivity index (χ2n) is 4.31. The van der Waals surface area contributed by atoms with Gasteiger partial charge >= 0.3 is 0 Å². The molecule has 0 saturated heterocycles. The summed E-state index contributed by atoms with van der Waals surface area (Å²) in [6.07, 6.45) is 4.24. The molecule has 3 heteroatoms. The number of ether oxygens (including phenoxy) is 1. The molecule has 0 N–H and O–H groups in total. The van der Waals surface area contributed by atoms with Crippen LogP contribution in [0.25, 0.3) is 0 Å². The zero-order chi connectivity index (χ0) is 11.5. The van der Waals surface area contributed by atoms with Gasteiger partial charge in [-0.05, 0) is 43.9 Å². The Morgan fingerprint density at radius 1 is 1.50 bits per heavy atom. The molecule has 0 bridgehead atoms. The van der Waals surface area contributed by atoms with Crippen molar-refractivity contribution in [2.24, 2.45) is 0 Å². The van der Waals surface area contributed by atoms with E-state index < -0.39 is 0 Å². The van der Waals surface area contributed by atoms with Crippen LogP contribution in [-0.4, -0.2) is 11.9 Å². The molecule has 86 valence electrons. The number of carbonyl (C=O) groups excluding carboxylic acids is 1. The molecule has 1 aliphatic carbocycles. The Morgan fingerprint density at radius 2 is 2.25 bits per heavy atom. The van der Waals surface area contributed by atoms with Gasteiger partial charge in [0.15, 0.2) is 0 Å². The maximum atomic E-state index is 11.0. The highest BCUT2D eigenvalue weighted by molar-refractivity contribution is 6.32. The number of ketones is 1. The lowest BCUT2D eigenvalue weighted by atomic mass is 9.96. The fraction of sp³-hybridized carbons (Fsp3) is 0.462. The minimum Gasteiger partial charge on any atom is -0.489 e. The fourth-order valence-electron chi connectivity index (χ4n) is 1.71. The van der Waals surface area contributed by atoms with E-state index in [4.69, 9.17) is 16.3 Å². The summed E-state index contributed by atoms with van der Waals surface area (Å²) in [7, 11) is 0. The lowest BCUT2D eigenvalue weighted by Crippen LogP contribution is -2.24. The van der Waals surface area contributed by atoms with Gasteiger partial charge in [0.2, 0.25) is 0 Å². The zero-order valence-corrected chi connectivity index (χ0v) is 10.1. The molecule has 0 aliphatic heterocycles. The standard InChI is InChI=1S/C13H15ClO2/c1-9(15)7-10-5-6-13(12(14)8-10)16-11-3-2-4-11/h5-6,8,11H,2-4,7H2,1H3. The average Bonchev–Trinajstić information content (AvgIpc) is 2.12. The Balaban J connectivity index is 2.06. The van der Waals surface area contributed by atoms with Gasteiger partial charge in [-0.2, -0.15) is 0 Å². The molecule has 0 spiro atoms. The van der Waals surface area contributed by atoms with Crippen LogP contribution in [0.15, 0.2) is 18.2 Å². The van der Waals surface area contributed by atoms with E-state index in [1.165, 1.54) is 6.42 Å². The highest BCUT2D eigenvalue weighted by atomic mass is 35.5. The van der Waals surface area contributed by atoms with Gasteiger partial charge < -0.3 is 4.74 Å². The van der Waals surface area contributed by atoms with E-state index in [0.29, 0.717) is 17.5 Å². The third-order valence-electron chi connectivity index (χ3n) is 2.80. The highest BCUT2D eigenvalue weighted by Crippen LogP contribution is 2.31. The molecule has 0 heterocycles. The minimum absolute atomic E-state index is 0.142. The van der Waals surface area contributed by atoms with Crippen LogP contribution in [0.4, 0.5) is 0 Å². The zero-order valence-electron chi connectivity index (χ0n) is 9.33. The molecule has 0 radical (unpaired) electrons. The molecule has 1 aliphatic rings. The third-order valence-corrected chi connectivity index (χ3v) is 3.09. The molecule has 0 aromatic heterocycles. The molecule has 0 amide bonds. The van der Waals surface area contributed by atoms with Crippen LogP contribution in [0.2, 0.25) is 5.02 Å². The van der Waals surface area contributed by atoms with Crippen molar-refractivity contribution in [2.45, 2.75) is 38.7 Å². The first-order chi connectivity index (χ1) is 7.65. The highest BCUT2D eigenvalue weighted by Gasteiger charge is 2.20. The first-order valence-corrected chi connectivity index (χ1v) is 5.97. The molecule has 0 unspecified atom stereocenters. The van der Waals surface area contributed by atoms with Crippen molar-refractivity contribution in [1.29, 1.82) is 0 Å². The number of hydrogen-bond donors (Lipinski definition) is 0. The molecule has 16 heavy (non-hydrogen) atoms. The van der Waals surface area contributed by atoms with Crippen molar-refractivity contribution in [3.63, 3.8) is 0 Å². The van der Waals surface area contributed by atoms with Crippen LogP contribution >= 0.6 is 11.6 Å². The Hall–Kier alpha value is -1.02. The van der Waals surface area contributed by atoms with Crippen molar-refractivity contribution in [1.82, 2.24) is 0 Å². The number of carbonyl (C=O) groups is 1. The SMILES string of the molecule is CC(=O)Cc1ccc(OC2CCC2)c(Cl)c1. The number of benzene rings is 1. The fourth-order valence-corrected chi connectivity index (χ4v) is 1.95. The number of hydrogen-bond acceptors (Lipinski definition) is 2. The molecule has 1 saturated carbocycles. The summed E-state index contributed by atoms with van der Waals surface area (Å²) in [5.41, 5.74) is 0.943. The Morgan fingerprint density at radius 3 is 2.75 bits per heavy atom. The van der Waals surface area contributed by atoms with Gasteiger partial charge in [0.1, 0.15) is 11.5 Å². The summed E-state index contributed by atoms with van der Waals surface area (Å²) in [5, 5.41) is 0.602. The van der Waals surface area contributed by atoms with E-state index in [-0.39, 0.29) is 5.78 Å². The monoisotopic (exact) mass is 238 g/mol. The summed E-state index contributed by atoms with van der Waals surface area (Å²) in [6, 6.07) is 5.58. The number of Topliss-reactive ketones (excluding diaryl/α,β-unsaturated/α-hetero) is 1. The van der Waals surface area contributed by atoms with Gasteiger partial charge in [-0.15, -0.1) is 0 Å². The second-order valence-corrected chi connectivity index (χ2v) is 4.72. The lowest BCUT2D eigenvalue weighted by molar-refractivity contribution is -0.116. The summed E-state index contributed by atoms with van der Waals surface area (Å²) >= 11 is 6.10. The van der Waals surface area contributed by atoms with E-state index in [1.807, 2.05) is 18.2 Å². The number of rotatable bonds is 4. The first-order valence-electron chi connectivity index (χ1n) is 5.59. The molecule has 1 aromatic carbocycles. The number of halogens is 1. The minimum atomic E-state index is 0.142. The normalized spacial score (nSPS) is 15.6. The maximum absolute atomic E-state index is 11.0. The van der Waals surface area contributed by atoms with Crippen LogP contribution in [0.1, 0.15) is 31.7 Å². The van der Waals surface area contributed by atoms with Gasteiger partial charge in [-0.25, -0.2) is 0 Å². The van der Waals surface area contributed by atoms with E-state index in [0.717, 1.165) is 24.2 Å². The summed E-state index contributed by atoms with van der Waals surface area (Å²) in [6.45, 7) is 1.58. The largest absolute Gasteiger partial charge is 0.489 e. The Bertz CT molecular complexity index is 397. The average molecular weight is 239 g/mol. The van der Waals surface area contributed by atoms with Gasteiger partial charge in [-0.3, -0.25) is 4.79 Å². The van der Waals surface area contributed by atoms with Crippen LogP contribution in [0.5, 0.6) is 5.75 Å². The van der Waals surface area contributed by atoms with Gasteiger partial charge in [0.25, 0.3) is 0 Å². The molecule has 2 nitrogen and oxygen atoms in total. The van der Waals surface area contributed by atoms with Crippen molar-refractivity contribution in [2.75, 3.05) is 0 Å². The molecular formula is C13H15ClO2. The predicted molar refractivity (Wildman–Crippen MR) is 64.1 cm³/mol. The Kier molecular flexibility index (Phi) is 3.49. The van der Waals surface area contributed by atoms with Gasteiger partial charge in [0.05, 0.1) is 11.1 Å². The molecule has 1 fully saturated rings. The van der Waals surface area contributed by atoms with Crippen LogP contribution in [0.3, 0.4) is 0 Å². The van der Waals surface area contributed by atoms with Gasteiger partial charge in [0, 0.05) is 6.42 Å². The van der Waals surface area contributed by atoms with E-state index in [1.54, 1.807) is 6.92 Å². The Labute approximate surface area is 101 Å². The van der Waals surface area contributed by atoms with Crippen LogP contribution < -0.4 is 4.74 Å². The summed E-state index contributed by atoms with van der Waals surface area (Å²) in [5.74, 6) is 0.877. The van der Waals surface area contributed by atoms with Crippen LogP contribution in [-0.2, 0) is 11.2 Å².